The zero-order valence-electron chi connectivity index (χ0n) is 9.76. The van der Waals surface area contributed by atoms with Crippen LogP contribution in [0.15, 0.2) is 26.0 Å². The summed E-state index contributed by atoms with van der Waals surface area (Å²) in [6.07, 6.45) is -5.18. The number of halogens is 5. The van der Waals surface area contributed by atoms with E-state index in [9.17, 15) is 21.6 Å². The second-order valence-corrected chi connectivity index (χ2v) is 7.88. The van der Waals surface area contributed by atoms with Gasteiger partial charge in [-0.1, -0.05) is 15.9 Å². The molecule has 0 heterocycles. The van der Waals surface area contributed by atoms with Crippen LogP contribution in [0.4, 0.5) is 18.9 Å². The number of benzene rings is 1. The van der Waals surface area contributed by atoms with Gasteiger partial charge in [-0.25, -0.2) is 8.42 Å². The molecule has 1 aromatic carbocycles. The van der Waals surface area contributed by atoms with Crippen molar-refractivity contribution in [2.75, 3.05) is 5.73 Å². The number of nitrogen functional groups attached to an aromatic ring is 1. The smallest absolute Gasteiger partial charge is 0.398 e. The Morgan fingerprint density at radius 3 is 2.20 bits per heavy atom. The van der Waals surface area contributed by atoms with Gasteiger partial charge in [-0.3, -0.25) is 0 Å². The maximum atomic E-state index is 12.8. The van der Waals surface area contributed by atoms with Crippen molar-refractivity contribution in [1.29, 1.82) is 0 Å². The fourth-order valence-electron chi connectivity index (χ4n) is 1.74. The summed E-state index contributed by atoms with van der Waals surface area (Å²) in [5, 5.41) is 0. The van der Waals surface area contributed by atoms with Gasteiger partial charge in [-0.2, -0.15) is 17.9 Å². The van der Waals surface area contributed by atoms with E-state index in [0.717, 1.165) is 0 Å². The molecule has 0 amide bonds. The van der Waals surface area contributed by atoms with Crippen molar-refractivity contribution < 1.29 is 21.6 Å². The summed E-state index contributed by atoms with van der Waals surface area (Å²) in [4.78, 5) is -0.392. The van der Waals surface area contributed by atoms with Crippen molar-refractivity contribution in [3.63, 3.8) is 0 Å². The lowest BCUT2D eigenvalue weighted by Gasteiger charge is -2.21. The first-order chi connectivity index (χ1) is 8.98. The number of sulfonamides is 1. The van der Waals surface area contributed by atoms with Crippen LogP contribution in [0.3, 0.4) is 0 Å². The molecule has 2 rings (SSSR count). The zero-order chi connectivity index (χ0) is 15.3. The van der Waals surface area contributed by atoms with Gasteiger partial charge in [-0.15, -0.1) is 0 Å². The van der Waals surface area contributed by atoms with Crippen molar-refractivity contribution in [2.24, 2.45) is 0 Å². The number of alkyl halides is 3. The number of rotatable bonds is 3. The molecule has 3 N–H and O–H groups in total. The number of nitrogens with two attached hydrogens (primary N) is 1. The van der Waals surface area contributed by atoms with Gasteiger partial charge in [0.15, 0.2) is 0 Å². The molecule has 10 heteroatoms. The molecular weight excluding hydrogens is 429 g/mol. The molecule has 0 atom stereocenters. The Balaban J connectivity index is 2.43. The second kappa shape index (κ2) is 4.85. The summed E-state index contributed by atoms with van der Waals surface area (Å²) < 4.78 is 65.1. The van der Waals surface area contributed by atoms with Crippen molar-refractivity contribution in [3.8, 4) is 0 Å². The molecule has 0 unspecified atom stereocenters. The van der Waals surface area contributed by atoms with E-state index in [2.05, 4.69) is 31.9 Å². The zero-order valence-corrected chi connectivity index (χ0v) is 13.7. The summed E-state index contributed by atoms with van der Waals surface area (Å²) in [5.41, 5.74) is 3.08. The maximum absolute atomic E-state index is 12.8. The van der Waals surface area contributed by atoms with Crippen LogP contribution in [-0.2, 0) is 10.0 Å². The molecule has 0 spiro atoms. The molecule has 0 aromatic heterocycles. The van der Waals surface area contributed by atoms with E-state index in [4.69, 9.17) is 5.73 Å². The molecule has 1 fully saturated rings. The lowest BCUT2D eigenvalue weighted by Crippen LogP contribution is -2.47. The Hall–Kier alpha value is -0.320. The minimum absolute atomic E-state index is 0.0925. The van der Waals surface area contributed by atoms with Gasteiger partial charge in [0.1, 0.15) is 10.4 Å². The van der Waals surface area contributed by atoms with Crippen LogP contribution in [0.25, 0.3) is 0 Å². The Morgan fingerprint density at radius 1 is 1.25 bits per heavy atom. The van der Waals surface area contributed by atoms with Crippen LogP contribution < -0.4 is 10.5 Å². The molecule has 0 radical (unpaired) electrons. The van der Waals surface area contributed by atoms with Gasteiger partial charge in [0.2, 0.25) is 10.0 Å². The van der Waals surface area contributed by atoms with E-state index in [1.807, 2.05) is 0 Å². The van der Waals surface area contributed by atoms with E-state index in [-0.39, 0.29) is 23.0 Å². The highest BCUT2D eigenvalue weighted by Gasteiger charge is 2.65. The molecule has 0 bridgehead atoms. The summed E-state index contributed by atoms with van der Waals surface area (Å²) in [5.74, 6) is 0. The molecule has 1 aromatic rings. The second-order valence-electron chi connectivity index (χ2n) is 4.49. The summed E-state index contributed by atoms with van der Waals surface area (Å²) >= 11 is 6.12. The lowest BCUT2D eigenvalue weighted by molar-refractivity contribution is -0.160. The Kier molecular flexibility index (Phi) is 3.90. The van der Waals surface area contributed by atoms with Crippen molar-refractivity contribution >= 4 is 47.6 Å². The van der Waals surface area contributed by atoms with Crippen LogP contribution in [0.1, 0.15) is 12.8 Å². The average Bonchev–Trinajstić information content (AvgIpc) is 2.93. The monoisotopic (exact) mass is 436 g/mol. The fraction of sp³-hybridized carbons (Fsp3) is 0.400. The van der Waals surface area contributed by atoms with Gasteiger partial charge >= 0.3 is 6.18 Å². The van der Waals surface area contributed by atoms with Gasteiger partial charge in [0, 0.05) is 8.95 Å². The third kappa shape index (κ3) is 2.83. The van der Waals surface area contributed by atoms with Gasteiger partial charge < -0.3 is 5.73 Å². The Labute approximate surface area is 130 Å². The number of anilines is 1. The maximum Gasteiger partial charge on any atom is 0.407 e. The van der Waals surface area contributed by atoms with E-state index in [1.165, 1.54) is 12.1 Å². The van der Waals surface area contributed by atoms with Crippen LogP contribution >= 0.6 is 31.9 Å². The topological polar surface area (TPSA) is 72.2 Å². The summed E-state index contributed by atoms with van der Waals surface area (Å²) in [6, 6.07) is 2.71. The largest absolute Gasteiger partial charge is 0.407 e. The Bertz CT molecular complexity index is 634. The molecule has 112 valence electrons. The molecule has 4 nitrogen and oxygen atoms in total. The number of hydrogen-bond acceptors (Lipinski definition) is 3. The highest BCUT2D eigenvalue weighted by molar-refractivity contribution is 9.11. The normalized spacial score (nSPS) is 18.1. The van der Waals surface area contributed by atoms with Crippen LogP contribution in [-0.4, -0.2) is 20.1 Å². The number of nitrogens with one attached hydrogen (secondary N) is 1. The highest BCUT2D eigenvalue weighted by Crippen LogP contribution is 2.50. The highest BCUT2D eigenvalue weighted by atomic mass is 79.9. The molecule has 20 heavy (non-hydrogen) atoms. The molecule has 0 aliphatic heterocycles. The quantitative estimate of drug-likeness (QED) is 0.713. The lowest BCUT2D eigenvalue weighted by atomic mass is 10.3. The molecule has 0 saturated heterocycles. The third-order valence-electron chi connectivity index (χ3n) is 2.93. The summed E-state index contributed by atoms with van der Waals surface area (Å²) in [6.45, 7) is 0. The van der Waals surface area contributed by atoms with Gasteiger partial charge in [0.05, 0.1) is 5.69 Å². The van der Waals surface area contributed by atoms with Crippen LogP contribution in [0, 0.1) is 0 Å². The van der Waals surface area contributed by atoms with E-state index >= 15 is 0 Å². The molecule has 1 aliphatic rings. The van der Waals surface area contributed by atoms with Crippen molar-refractivity contribution in [2.45, 2.75) is 29.5 Å². The molecule has 1 aliphatic carbocycles. The predicted octanol–water partition coefficient (Wildman–Crippen LogP) is 3.17. The first-order valence-electron chi connectivity index (χ1n) is 5.34. The first kappa shape index (κ1) is 16.1. The first-order valence-corrected chi connectivity index (χ1v) is 8.41. The Morgan fingerprint density at radius 2 is 1.80 bits per heavy atom. The van der Waals surface area contributed by atoms with Crippen molar-refractivity contribution in [3.05, 3.63) is 21.1 Å². The predicted molar refractivity (Wildman–Crippen MR) is 74.6 cm³/mol. The van der Waals surface area contributed by atoms with E-state index in [0.29, 0.717) is 4.47 Å². The van der Waals surface area contributed by atoms with E-state index in [1.54, 1.807) is 4.72 Å². The number of hydrogen-bond donors (Lipinski definition) is 2. The molecular formula is C10H9Br2F3N2O2S. The third-order valence-corrected chi connectivity index (χ3v) is 5.93. The average molecular weight is 438 g/mol. The van der Waals surface area contributed by atoms with Crippen LogP contribution in [0.2, 0.25) is 0 Å². The fourth-order valence-corrected chi connectivity index (χ4v) is 5.26. The van der Waals surface area contributed by atoms with Crippen molar-refractivity contribution in [1.82, 2.24) is 4.72 Å². The summed E-state index contributed by atoms with van der Waals surface area (Å²) in [7, 11) is -4.38. The standard InChI is InChI=1S/C10H9Br2F3N2O2S/c11-5-3-6(12)8(7(16)4-5)20(18,19)17-9(1-2-9)10(13,14)15/h3-4,17H,1-2,16H2. The minimum atomic E-state index is -4.63. The minimum Gasteiger partial charge on any atom is -0.398 e. The SMILES string of the molecule is Nc1cc(Br)cc(Br)c1S(=O)(=O)NC1(C(F)(F)F)CC1. The van der Waals surface area contributed by atoms with Gasteiger partial charge in [0.25, 0.3) is 0 Å². The van der Waals surface area contributed by atoms with Gasteiger partial charge in [-0.05, 0) is 40.9 Å². The van der Waals surface area contributed by atoms with Crippen LogP contribution in [0.5, 0.6) is 0 Å². The van der Waals surface area contributed by atoms with E-state index < -0.39 is 26.6 Å². The molecule has 1 saturated carbocycles.